The van der Waals surface area contributed by atoms with Crippen LogP contribution in [0.2, 0.25) is 18.1 Å². The average molecular weight is 656 g/mol. The van der Waals surface area contributed by atoms with E-state index < -0.39 is 8.32 Å². The lowest BCUT2D eigenvalue weighted by molar-refractivity contribution is 0.0700. The third kappa shape index (κ3) is 7.87. The fourth-order valence-corrected chi connectivity index (χ4v) is 7.64. The Hall–Kier alpha value is -3.74. The van der Waals surface area contributed by atoms with Crippen molar-refractivity contribution >= 4 is 25.7 Å². The van der Waals surface area contributed by atoms with Crippen molar-refractivity contribution in [2.24, 2.45) is 5.92 Å². The normalized spacial score (nSPS) is 17.9. The minimum atomic E-state index is -2.04. The highest BCUT2D eigenvalue weighted by molar-refractivity contribution is 6.74. The number of pyridine rings is 1. The predicted molar refractivity (Wildman–Crippen MR) is 190 cm³/mol. The van der Waals surface area contributed by atoms with E-state index in [0.29, 0.717) is 38.0 Å². The van der Waals surface area contributed by atoms with Crippen molar-refractivity contribution in [2.45, 2.75) is 78.1 Å². The summed E-state index contributed by atoms with van der Waals surface area (Å²) in [6.07, 6.45) is 4.29. The average Bonchev–Trinajstić information content (AvgIpc) is 3.05. The lowest BCUT2D eigenvalue weighted by Gasteiger charge is -2.44. The van der Waals surface area contributed by atoms with Crippen LogP contribution in [0, 0.1) is 36.9 Å². The van der Waals surface area contributed by atoms with Crippen LogP contribution < -0.4 is 9.80 Å². The fourth-order valence-electron chi connectivity index (χ4n) is 6.59. The molecule has 0 N–H and O–H groups in total. The van der Waals surface area contributed by atoms with Gasteiger partial charge in [0.15, 0.2) is 8.32 Å². The van der Waals surface area contributed by atoms with Gasteiger partial charge >= 0.3 is 0 Å². The summed E-state index contributed by atoms with van der Waals surface area (Å²) in [5, 5.41) is 9.62. The molecule has 1 aromatic heterocycles. The van der Waals surface area contributed by atoms with Crippen LogP contribution in [0.1, 0.15) is 66.2 Å². The molecule has 3 heterocycles. The second kappa shape index (κ2) is 14.2. The SMILES string of the molecule is Cc1cc(C)c(C(=O)N2CCN(c3ccc(F)cn3)[C@@H](CO[Si](C)(C)C(C)(C)C)C2)cc1CC1CCN(c2ccccc2C#N)CC1. The molecule has 9 heteroatoms. The van der Waals surface area contributed by atoms with Gasteiger partial charge in [0.05, 0.1) is 30.1 Å². The van der Waals surface area contributed by atoms with E-state index in [2.05, 4.69) is 73.8 Å². The molecule has 0 unspecified atom stereocenters. The lowest BCUT2D eigenvalue weighted by Crippen LogP contribution is -2.58. The molecule has 2 aliphatic heterocycles. The molecule has 1 atom stereocenters. The number of benzene rings is 2. The molecule has 250 valence electrons. The summed E-state index contributed by atoms with van der Waals surface area (Å²) in [5.74, 6) is 0.916. The van der Waals surface area contributed by atoms with Crippen LogP contribution in [0.25, 0.3) is 0 Å². The summed E-state index contributed by atoms with van der Waals surface area (Å²) >= 11 is 0. The molecular formula is C38H50FN5O2Si. The monoisotopic (exact) mass is 655 g/mol. The van der Waals surface area contributed by atoms with Gasteiger partial charge in [-0.3, -0.25) is 4.79 Å². The Balaban J connectivity index is 1.30. The number of aryl methyl sites for hydroxylation is 2. The highest BCUT2D eigenvalue weighted by Gasteiger charge is 2.39. The summed E-state index contributed by atoms with van der Waals surface area (Å²) in [6.45, 7) is 19.3. The van der Waals surface area contributed by atoms with Crippen LogP contribution in [0.4, 0.5) is 15.9 Å². The van der Waals surface area contributed by atoms with E-state index in [9.17, 15) is 14.4 Å². The number of carbonyl (C=O) groups excluding carboxylic acids is 1. The standard InChI is InChI=1S/C38H50FN5O2Si/c1-27-20-28(2)34(22-31(27)21-29-14-16-42(17-15-29)35-11-9-8-10-30(35)23-40)37(45)43-18-19-44(36-13-12-32(39)24-41-36)33(25-43)26-46-47(6,7)38(3,4)5/h8-13,20,22,24,29,33H,14-19,21,25-26H2,1-7H3/t33-/m1/s1. The fraction of sp³-hybridized carbons (Fsp3) is 0.500. The molecule has 5 rings (SSSR count). The largest absolute Gasteiger partial charge is 0.415 e. The molecule has 2 aromatic carbocycles. The van der Waals surface area contributed by atoms with Gasteiger partial charge in [0.2, 0.25) is 0 Å². The minimum absolute atomic E-state index is 0.0516. The molecule has 2 saturated heterocycles. The molecule has 2 fully saturated rings. The van der Waals surface area contributed by atoms with E-state index in [-0.39, 0.29) is 22.8 Å². The van der Waals surface area contributed by atoms with E-state index in [1.165, 1.54) is 23.4 Å². The summed E-state index contributed by atoms with van der Waals surface area (Å²) in [5.41, 5.74) is 5.98. The van der Waals surface area contributed by atoms with Gasteiger partial charge in [0, 0.05) is 38.3 Å². The zero-order valence-corrected chi connectivity index (χ0v) is 30.1. The topological polar surface area (TPSA) is 72.7 Å². The first kappa shape index (κ1) is 34.6. The number of halogens is 1. The van der Waals surface area contributed by atoms with Crippen molar-refractivity contribution in [3.8, 4) is 6.07 Å². The van der Waals surface area contributed by atoms with Gasteiger partial charge in [-0.25, -0.2) is 9.37 Å². The van der Waals surface area contributed by atoms with Gasteiger partial charge in [-0.2, -0.15) is 5.26 Å². The maximum Gasteiger partial charge on any atom is 0.254 e. The number of aromatic nitrogens is 1. The Bertz CT molecular complexity index is 1610. The molecule has 0 aliphatic carbocycles. The Morgan fingerprint density at radius 3 is 2.43 bits per heavy atom. The number of piperazine rings is 1. The summed E-state index contributed by atoms with van der Waals surface area (Å²) in [6, 6.07) is 17.5. The Labute approximate surface area is 281 Å². The van der Waals surface area contributed by atoms with E-state index in [1.807, 2.05) is 36.1 Å². The van der Waals surface area contributed by atoms with Gasteiger partial charge in [0.25, 0.3) is 5.91 Å². The molecule has 0 bridgehead atoms. The third-order valence-corrected chi connectivity index (χ3v) is 15.1. The zero-order valence-electron chi connectivity index (χ0n) is 29.1. The maximum atomic E-state index is 14.2. The van der Waals surface area contributed by atoms with E-state index in [0.717, 1.165) is 54.7 Å². The minimum Gasteiger partial charge on any atom is -0.415 e. The Morgan fingerprint density at radius 1 is 1.04 bits per heavy atom. The Morgan fingerprint density at radius 2 is 1.77 bits per heavy atom. The first-order valence-electron chi connectivity index (χ1n) is 16.9. The van der Waals surface area contributed by atoms with Crippen LogP contribution in [0.5, 0.6) is 0 Å². The van der Waals surface area contributed by atoms with Crippen LogP contribution in [-0.4, -0.2) is 69.5 Å². The first-order valence-corrected chi connectivity index (χ1v) is 19.8. The van der Waals surface area contributed by atoms with Crippen molar-refractivity contribution < 1.29 is 13.6 Å². The number of piperidine rings is 1. The van der Waals surface area contributed by atoms with Crippen molar-refractivity contribution in [2.75, 3.05) is 49.1 Å². The Kier molecular flexibility index (Phi) is 10.4. The summed E-state index contributed by atoms with van der Waals surface area (Å²) < 4.78 is 20.4. The van der Waals surface area contributed by atoms with Crippen molar-refractivity contribution in [3.05, 3.63) is 88.4 Å². The highest BCUT2D eigenvalue weighted by Crippen LogP contribution is 2.37. The number of amides is 1. The second-order valence-electron chi connectivity index (χ2n) is 14.9. The summed E-state index contributed by atoms with van der Waals surface area (Å²) in [4.78, 5) is 25.1. The van der Waals surface area contributed by atoms with Gasteiger partial charge in [0.1, 0.15) is 17.7 Å². The van der Waals surface area contributed by atoms with E-state index >= 15 is 0 Å². The van der Waals surface area contributed by atoms with E-state index in [4.69, 9.17) is 4.43 Å². The number of nitriles is 1. The molecule has 3 aromatic rings. The number of nitrogens with zero attached hydrogens (tertiary/aromatic N) is 5. The third-order valence-electron chi connectivity index (χ3n) is 10.6. The molecule has 47 heavy (non-hydrogen) atoms. The second-order valence-corrected chi connectivity index (χ2v) is 19.7. The molecule has 7 nitrogen and oxygen atoms in total. The van der Waals surface area contributed by atoms with E-state index in [1.54, 1.807) is 6.07 Å². The smallest absolute Gasteiger partial charge is 0.254 e. The van der Waals surface area contributed by atoms with Crippen LogP contribution >= 0.6 is 0 Å². The molecule has 1 amide bonds. The first-order chi connectivity index (χ1) is 22.3. The number of carbonyl (C=O) groups is 1. The number of para-hydroxylation sites is 1. The van der Waals surface area contributed by atoms with Crippen LogP contribution in [0.3, 0.4) is 0 Å². The molecule has 2 aliphatic rings. The van der Waals surface area contributed by atoms with Crippen molar-refractivity contribution in [1.82, 2.24) is 9.88 Å². The molecular weight excluding hydrogens is 606 g/mol. The van der Waals surface area contributed by atoms with Gasteiger partial charge < -0.3 is 19.1 Å². The van der Waals surface area contributed by atoms with Crippen molar-refractivity contribution in [1.29, 1.82) is 5.26 Å². The molecule has 0 spiro atoms. The van der Waals surface area contributed by atoms with Crippen LogP contribution in [-0.2, 0) is 10.8 Å². The van der Waals surface area contributed by atoms with Crippen LogP contribution in [0.15, 0.2) is 54.7 Å². The number of hydrogen-bond acceptors (Lipinski definition) is 6. The summed E-state index contributed by atoms with van der Waals surface area (Å²) in [7, 11) is -2.04. The predicted octanol–water partition coefficient (Wildman–Crippen LogP) is 7.52. The highest BCUT2D eigenvalue weighted by atomic mass is 28.4. The zero-order chi connectivity index (χ0) is 33.9. The number of rotatable bonds is 8. The quantitative estimate of drug-likeness (QED) is 0.234. The maximum absolute atomic E-state index is 14.2. The molecule has 0 saturated carbocycles. The van der Waals surface area contributed by atoms with Gasteiger partial charge in [-0.15, -0.1) is 0 Å². The molecule has 0 radical (unpaired) electrons. The van der Waals surface area contributed by atoms with Gasteiger partial charge in [-0.05, 0) is 104 Å². The number of hydrogen-bond donors (Lipinski definition) is 0. The lowest BCUT2D eigenvalue weighted by atomic mass is 9.86. The van der Waals surface area contributed by atoms with Gasteiger partial charge in [-0.1, -0.05) is 39.0 Å². The number of anilines is 2. The van der Waals surface area contributed by atoms with Crippen molar-refractivity contribution in [3.63, 3.8) is 0 Å².